The monoisotopic (exact) mass is 447 g/mol. The van der Waals surface area contributed by atoms with Crippen LogP contribution in [0.15, 0.2) is 59.2 Å². The molecular weight excluding hydrogens is 417 g/mol. The van der Waals surface area contributed by atoms with Crippen molar-refractivity contribution in [2.24, 2.45) is 0 Å². The molecule has 2 aromatic carbocycles. The fourth-order valence-corrected chi connectivity index (χ4v) is 5.08. The zero-order valence-electron chi connectivity index (χ0n) is 19.0. The van der Waals surface area contributed by atoms with Crippen molar-refractivity contribution in [1.82, 2.24) is 14.8 Å². The van der Waals surface area contributed by atoms with E-state index in [0.717, 1.165) is 38.8 Å². The maximum Gasteiger partial charge on any atom is 0.320 e. The number of urea groups is 1. The van der Waals surface area contributed by atoms with Gasteiger partial charge >= 0.3 is 6.03 Å². The molecule has 0 spiro atoms. The average Bonchev–Trinajstić information content (AvgIpc) is 3.56. The minimum atomic E-state index is -0.319. The molecule has 3 heterocycles. The van der Waals surface area contributed by atoms with Crippen molar-refractivity contribution in [2.75, 3.05) is 26.2 Å². The van der Waals surface area contributed by atoms with Gasteiger partial charge in [0.2, 0.25) is 0 Å². The first-order valence-corrected chi connectivity index (χ1v) is 12.0. The Labute approximate surface area is 194 Å². The number of aryl methyl sites for hydroxylation is 1. The quantitative estimate of drug-likeness (QED) is 0.505. The second-order valence-electron chi connectivity index (χ2n) is 9.16. The number of hydrogen-bond donors (Lipinski definition) is 0. The number of halogens is 1. The van der Waals surface area contributed by atoms with Crippen LogP contribution in [-0.4, -0.2) is 47.0 Å². The summed E-state index contributed by atoms with van der Waals surface area (Å²) in [6, 6.07) is 15.4. The van der Waals surface area contributed by atoms with Crippen LogP contribution in [0.1, 0.15) is 55.0 Å². The second-order valence-corrected chi connectivity index (χ2v) is 9.16. The van der Waals surface area contributed by atoms with Crippen molar-refractivity contribution in [1.29, 1.82) is 0 Å². The van der Waals surface area contributed by atoms with Gasteiger partial charge in [0.05, 0.1) is 5.92 Å². The summed E-state index contributed by atoms with van der Waals surface area (Å²) in [6.07, 6.45) is 5.50. The van der Waals surface area contributed by atoms with Crippen LogP contribution in [0, 0.1) is 5.82 Å². The van der Waals surface area contributed by atoms with Gasteiger partial charge in [-0.15, -0.1) is 0 Å². The third kappa shape index (κ3) is 4.52. The Kier molecular flexibility index (Phi) is 6.16. The fraction of sp³-hybridized carbons (Fsp3) is 0.407. The van der Waals surface area contributed by atoms with Crippen LogP contribution in [-0.2, 0) is 6.42 Å². The number of likely N-dealkylation sites (tertiary alicyclic amines) is 2. The van der Waals surface area contributed by atoms with Gasteiger partial charge in [0.25, 0.3) is 0 Å². The predicted octanol–water partition coefficient (Wildman–Crippen LogP) is 5.83. The van der Waals surface area contributed by atoms with Gasteiger partial charge in [-0.2, -0.15) is 0 Å². The number of aromatic nitrogens is 1. The maximum absolute atomic E-state index is 14.3. The zero-order chi connectivity index (χ0) is 22.8. The highest BCUT2D eigenvalue weighted by molar-refractivity contribution is 5.75. The van der Waals surface area contributed by atoms with Gasteiger partial charge < -0.3 is 14.2 Å². The van der Waals surface area contributed by atoms with Gasteiger partial charge in [0, 0.05) is 37.7 Å². The number of benzene rings is 2. The summed E-state index contributed by atoms with van der Waals surface area (Å²) in [6.45, 7) is 5.06. The first-order valence-electron chi connectivity index (χ1n) is 12.0. The Hall–Kier alpha value is -3.15. The summed E-state index contributed by atoms with van der Waals surface area (Å²) >= 11 is 0. The minimum Gasteiger partial charge on any atom is -0.448 e. The molecular formula is C27H30FN3O2. The van der Waals surface area contributed by atoms with E-state index in [1.807, 2.05) is 9.80 Å². The molecule has 2 saturated heterocycles. The molecule has 1 aromatic heterocycles. The van der Waals surface area contributed by atoms with Gasteiger partial charge in [-0.1, -0.05) is 43.3 Å². The molecule has 172 valence electrons. The molecule has 0 N–H and O–H groups in total. The summed E-state index contributed by atoms with van der Waals surface area (Å²) in [5.41, 5.74) is 3.46. The molecule has 2 unspecified atom stereocenters. The number of oxazole rings is 1. The van der Waals surface area contributed by atoms with Gasteiger partial charge in [-0.25, -0.2) is 14.2 Å². The lowest BCUT2D eigenvalue weighted by atomic mass is 9.84. The highest BCUT2D eigenvalue weighted by Gasteiger charge is 2.36. The van der Waals surface area contributed by atoms with Crippen LogP contribution >= 0.6 is 0 Å². The molecule has 6 heteroatoms. The van der Waals surface area contributed by atoms with E-state index in [-0.39, 0.29) is 23.7 Å². The van der Waals surface area contributed by atoms with Crippen LogP contribution in [0.25, 0.3) is 11.3 Å². The SMILES string of the molecule is CCc1ccc(C2CC(c3nc(-c4ccccc4F)co3)CN(C(=O)N3CCCC3)C2)cc1. The molecule has 2 atom stereocenters. The Morgan fingerprint density at radius 2 is 1.76 bits per heavy atom. The molecule has 3 aromatic rings. The summed E-state index contributed by atoms with van der Waals surface area (Å²) in [4.78, 5) is 21.9. The number of rotatable bonds is 4. The lowest BCUT2D eigenvalue weighted by molar-refractivity contribution is 0.136. The van der Waals surface area contributed by atoms with E-state index < -0.39 is 0 Å². The first kappa shape index (κ1) is 21.7. The molecule has 5 nitrogen and oxygen atoms in total. The smallest absolute Gasteiger partial charge is 0.320 e. The van der Waals surface area contributed by atoms with Crippen molar-refractivity contribution in [2.45, 2.75) is 44.4 Å². The summed E-state index contributed by atoms with van der Waals surface area (Å²) in [5, 5.41) is 0. The normalized spacial score (nSPS) is 20.9. The lowest BCUT2D eigenvalue weighted by Gasteiger charge is -2.38. The molecule has 2 aliphatic rings. The van der Waals surface area contributed by atoms with Crippen molar-refractivity contribution >= 4 is 6.03 Å². The molecule has 5 rings (SSSR count). The van der Waals surface area contributed by atoms with Crippen LogP contribution < -0.4 is 0 Å². The molecule has 2 amide bonds. The standard InChI is InChI=1S/C27H30FN3O2/c1-2-19-9-11-20(12-10-19)21-15-22(17-31(16-21)27(32)30-13-5-6-14-30)26-29-25(18-33-26)23-7-3-4-8-24(23)28/h3-4,7-12,18,21-22H,2,5-6,13-17H2,1H3. The largest absolute Gasteiger partial charge is 0.448 e. The third-order valence-corrected chi connectivity index (χ3v) is 6.98. The lowest BCUT2D eigenvalue weighted by Crippen LogP contribution is -2.48. The topological polar surface area (TPSA) is 49.6 Å². The molecule has 2 fully saturated rings. The molecule has 0 aliphatic carbocycles. The van der Waals surface area contributed by atoms with Crippen molar-refractivity contribution in [3.63, 3.8) is 0 Å². The Morgan fingerprint density at radius 1 is 1.03 bits per heavy atom. The van der Waals surface area contributed by atoms with Crippen LogP contribution in [0.3, 0.4) is 0 Å². The summed E-state index contributed by atoms with van der Waals surface area (Å²) in [5.74, 6) is 0.412. The van der Waals surface area contributed by atoms with E-state index in [9.17, 15) is 9.18 Å². The number of hydrogen-bond acceptors (Lipinski definition) is 3. The Morgan fingerprint density at radius 3 is 2.48 bits per heavy atom. The highest BCUT2D eigenvalue weighted by atomic mass is 19.1. The number of nitrogens with zero attached hydrogens (tertiary/aromatic N) is 3. The average molecular weight is 448 g/mol. The second kappa shape index (κ2) is 9.38. The maximum atomic E-state index is 14.3. The number of carbonyl (C=O) groups excluding carboxylic acids is 1. The summed E-state index contributed by atoms with van der Waals surface area (Å²) in [7, 11) is 0. The fourth-order valence-electron chi connectivity index (χ4n) is 5.08. The molecule has 33 heavy (non-hydrogen) atoms. The van der Waals surface area contributed by atoms with Gasteiger partial charge in [0.1, 0.15) is 17.8 Å². The molecule has 0 radical (unpaired) electrons. The predicted molar refractivity (Wildman–Crippen MR) is 126 cm³/mol. The Bertz CT molecular complexity index is 1100. The minimum absolute atomic E-state index is 0.0401. The van der Waals surface area contributed by atoms with E-state index in [1.165, 1.54) is 23.5 Å². The van der Waals surface area contributed by atoms with Crippen molar-refractivity contribution in [3.05, 3.63) is 77.6 Å². The first-order chi connectivity index (χ1) is 16.1. The molecule has 2 aliphatic heterocycles. The number of piperidine rings is 1. The Balaban J connectivity index is 1.43. The third-order valence-electron chi connectivity index (χ3n) is 6.98. The number of amides is 2. The van der Waals surface area contributed by atoms with E-state index in [2.05, 4.69) is 36.2 Å². The van der Waals surface area contributed by atoms with Crippen molar-refractivity contribution in [3.8, 4) is 11.3 Å². The van der Waals surface area contributed by atoms with Crippen LogP contribution in [0.2, 0.25) is 0 Å². The van der Waals surface area contributed by atoms with Crippen LogP contribution in [0.5, 0.6) is 0 Å². The van der Waals surface area contributed by atoms with Gasteiger partial charge in [0.15, 0.2) is 5.89 Å². The zero-order valence-corrected chi connectivity index (χ0v) is 19.0. The van der Waals surface area contributed by atoms with Gasteiger partial charge in [-0.3, -0.25) is 0 Å². The summed E-state index contributed by atoms with van der Waals surface area (Å²) < 4.78 is 20.1. The van der Waals surface area contributed by atoms with Crippen LogP contribution in [0.4, 0.5) is 9.18 Å². The van der Waals surface area contributed by atoms with E-state index in [4.69, 9.17) is 4.42 Å². The van der Waals surface area contributed by atoms with E-state index >= 15 is 0 Å². The van der Waals surface area contributed by atoms with Gasteiger partial charge in [-0.05, 0) is 48.9 Å². The van der Waals surface area contributed by atoms with Crippen molar-refractivity contribution < 1.29 is 13.6 Å². The highest BCUT2D eigenvalue weighted by Crippen LogP contribution is 2.37. The molecule has 0 bridgehead atoms. The molecule has 0 saturated carbocycles. The van der Waals surface area contributed by atoms with E-state index in [1.54, 1.807) is 18.2 Å². The van der Waals surface area contributed by atoms with E-state index in [0.29, 0.717) is 30.2 Å². The number of carbonyl (C=O) groups is 1.